The van der Waals surface area contributed by atoms with Gasteiger partial charge in [0.1, 0.15) is 5.82 Å². The molecule has 1 saturated heterocycles. The van der Waals surface area contributed by atoms with Crippen LogP contribution >= 0.6 is 12.4 Å². The molecule has 0 radical (unpaired) electrons. The molecular formula is C21H25ClFN3O3. The van der Waals surface area contributed by atoms with Crippen molar-refractivity contribution in [2.75, 3.05) is 25.1 Å². The van der Waals surface area contributed by atoms with Gasteiger partial charge in [0.25, 0.3) is 5.91 Å². The zero-order chi connectivity index (χ0) is 20.0. The zero-order valence-corrected chi connectivity index (χ0v) is 16.8. The molecule has 1 heterocycles. The molecule has 29 heavy (non-hydrogen) atoms. The third-order valence-corrected chi connectivity index (χ3v) is 5.09. The van der Waals surface area contributed by atoms with Crippen LogP contribution in [0.5, 0.6) is 0 Å². The quantitative estimate of drug-likeness (QED) is 0.668. The fourth-order valence-electron chi connectivity index (χ4n) is 3.17. The molecule has 0 atom stereocenters. The summed E-state index contributed by atoms with van der Waals surface area (Å²) in [5, 5.41) is 5.71. The van der Waals surface area contributed by atoms with E-state index in [0.717, 1.165) is 5.56 Å². The smallest absolute Gasteiger partial charge is 0.255 e. The summed E-state index contributed by atoms with van der Waals surface area (Å²) in [6.07, 6.45) is 1.26. The fraction of sp³-hybridized carbons (Fsp3) is 0.333. The molecular weight excluding hydrogens is 397 g/mol. The van der Waals surface area contributed by atoms with E-state index in [9.17, 15) is 14.0 Å². The normalized spacial score (nSPS) is 15.1. The van der Waals surface area contributed by atoms with Gasteiger partial charge in [0.2, 0.25) is 5.91 Å². The summed E-state index contributed by atoms with van der Waals surface area (Å²) in [7, 11) is 0. The maximum atomic E-state index is 12.9. The van der Waals surface area contributed by atoms with Gasteiger partial charge in [-0.3, -0.25) is 9.59 Å². The summed E-state index contributed by atoms with van der Waals surface area (Å²) in [5.74, 6) is -0.752. The number of carbonyl (C=O) groups excluding carboxylic acids is 2. The second-order valence-corrected chi connectivity index (χ2v) is 6.94. The van der Waals surface area contributed by atoms with Crippen molar-refractivity contribution in [1.29, 1.82) is 0 Å². The van der Waals surface area contributed by atoms with Crippen molar-refractivity contribution in [3.05, 3.63) is 65.5 Å². The molecule has 4 N–H and O–H groups in total. The van der Waals surface area contributed by atoms with Crippen LogP contribution in [-0.2, 0) is 16.1 Å². The van der Waals surface area contributed by atoms with E-state index in [4.69, 9.17) is 10.5 Å². The Balaban J connectivity index is 0.00000300. The van der Waals surface area contributed by atoms with E-state index in [1.807, 2.05) is 12.1 Å². The van der Waals surface area contributed by atoms with Crippen molar-refractivity contribution >= 4 is 29.9 Å². The van der Waals surface area contributed by atoms with Crippen LogP contribution in [0.25, 0.3) is 0 Å². The number of nitrogens with two attached hydrogens (primary N) is 1. The molecule has 2 aromatic rings. The first kappa shape index (κ1) is 22.8. The molecule has 0 bridgehead atoms. The summed E-state index contributed by atoms with van der Waals surface area (Å²) in [6.45, 7) is 1.78. The van der Waals surface area contributed by atoms with Gasteiger partial charge in [0, 0.05) is 37.6 Å². The van der Waals surface area contributed by atoms with E-state index in [1.54, 1.807) is 12.1 Å². The lowest BCUT2D eigenvalue weighted by molar-refractivity contribution is -0.136. The molecule has 1 aliphatic rings. The van der Waals surface area contributed by atoms with Crippen LogP contribution in [0.2, 0.25) is 0 Å². The summed E-state index contributed by atoms with van der Waals surface area (Å²) in [6, 6.07) is 12.5. The molecule has 3 rings (SSSR count). The minimum Gasteiger partial charge on any atom is -0.381 e. The molecule has 1 fully saturated rings. The van der Waals surface area contributed by atoms with Crippen molar-refractivity contribution in [3.8, 4) is 0 Å². The fourth-order valence-corrected chi connectivity index (χ4v) is 3.17. The van der Waals surface area contributed by atoms with E-state index >= 15 is 0 Å². The van der Waals surface area contributed by atoms with Crippen LogP contribution in [0.1, 0.15) is 28.8 Å². The molecule has 1 aliphatic heterocycles. The number of ether oxygens (including phenoxy) is 1. The van der Waals surface area contributed by atoms with Crippen LogP contribution in [0, 0.1) is 11.2 Å². The zero-order valence-electron chi connectivity index (χ0n) is 15.9. The Hall–Kier alpha value is -2.48. The van der Waals surface area contributed by atoms with Crippen LogP contribution in [0.15, 0.2) is 48.5 Å². The number of hydrogen-bond acceptors (Lipinski definition) is 4. The highest BCUT2D eigenvalue weighted by Gasteiger charge is 2.38. The van der Waals surface area contributed by atoms with Gasteiger partial charge in [-0.2, -0.15) is 0 Å². The van der Waals surface area contributed by atoms with Gasteiger partial charge in [-0.15, -0.1) is 12.4 Å². The number of halogens is 2. The first-order valence-corrected chi connectivity index (χ1v) is 9.24. The SMILES string of the molecule is Cl.NCC1(C(=O)NCc2ccc(NC(=O)c3ccc(F)cc3)cc2)CCOCC1. The van der Waals surface area contributed by atoms with Crippen molar-refractivity contribution in [1.82, 2.24) is 5.32 Å². The maximum Gasteiger partial charge on any atom is 0.255 e. The monoisotopic (exact) mass is 421 g/mol. The standard InChI is InChI=1S/C21H24FN3O3.ClH/c22-17-5-3-16(4-6-17)19(26)25-18-7-1-15(2-8-18)13-24-20(27)21(14-23)9-11-28-12-10-21;/h1-8H,9-14,23H2,(H,24,27)(H,25,26);1H. The Morgan fingerprint density at radius 1 is 1.03 bits per heavy atom. The Morgan fingerprint density at radius 3 is 2.24 bits per heavy atom. The molecule has 2 aromatic carbocycles. The molecule has 8 heteroatoms. The lowest BCUT2D eigenvalue weighted by Gasteiger charge is -2.34. The highest BCUT2D eigenvalue weighted by Crippen LogP contribution is 2.29. The van der Waals surface area contributed by atoms with Gasteiger partial charge in [-0.25, -0.2) is 4.39 Å². The molecule has 0 spiro atoms. The lowest BCUT2D eigenvalue weighted by atomic mass is 9.79. The second kappa shape index (κ2) is 10.3. The van der Waals surface area contributed by atoms with Crippen molar-refractivity contribution in [3.63, 3.8) is 0 Å². The predicted molar refractivity (Wildman–Crippen MR) is 111 cm³/mol. The molecule has 0 saturated carbocycles. The number of hydrogen-bond donors (Lipinski definition) is 3. The van der Waals surface area contributed by atoms with Gasteiger partial charge < -0.3 is 21.1 Å². The molecule has 156 valence electrons. The molecule has 0 unspecified atom stereocenters. The second-order valence-electron chi connectivity index (χ2n) is 6.94. The molecule has 0 aliphatic carbocycles. The summed E-state index contributed by atoms with van der Waals surface area (Å²) < 4.78 is 18.3. The van der Waals surface area contributed by atoms with Crippen LogP contribution < -0.4 is 16.4 Å². The van der Waals surface area contributed by atoms with Gasteiger partial charge in [0.05, 0.1) is 5.41 Å². The number of nitrogens with one attached hydrogen (secondary N) is 2. The summed E-state index contributed by atoms with van der Waals surface area (Å²) in [4.78, 5) is 24.7. The summed E-state index contributed by atoms with van der Waals surface area (Å²) >= 11 is 0. The van der Waals surface area contributed by atoms with Crippen LogP contribution in [0.3, 0.4) is 0 Å². The minimum absolute atomic E-state index is 0. The molecule has 0 aromatic heterocycles. The van der Waals surface area contributed by atoms with E-state index in [0.29, 0.717) is 50.4 Å². The first-order valence-electron chi connectivity index (χ1n) is 9.24. The predicted octanol–water partition coefficient (Wildman–Crippen LogP) is 2.87. The van der Waals surface area contributed by atoms with Gasteiger partial charge in [0.15, 0.2) is 0 Å². The first-order chi connectivity index (χ1) is 13.5. The van der Waals surface area contributed by atoms with Gasteiger partial charge in [-0.05, 0) is 54.8 Å². The number of anilines is 1. The average Bonchev–Trinajstić information content (AvgIpc) is 2.74. The van der Waals surface area contributed by atoms with Crippen molar-refractivity contribution < 1.29 is 18.7 Å². The van der Waals surface area contributed by atoms with E-state index in [2.05, 4.69) is 10.6 Å². The highest BCUT2D eigenvalue weighted by molar-refractivity contribution is 6.04. The average molecular weight is 422 g/mol. The van der Waals surface area contributed by atoms with Crippen molar-refractivity contribution in [2.45, 2.75) is 19.4 Å². The third kappa shape index (κ3) is 5.76. The number of amides is 2. The minimum atomic E-state index is -0.554. The van der Waals surface area contributed by atoms with E-state index < -0.39 is 5.41 Å². The topological polar surface area (TPSA) is 93.5 Å². The maximum absolute atomic E-state index is 12.9. The van der Waals surface area contributed by atoms with Crippen molar-refractivity contribution in [2.24, 2.45) is 11.1 Å². The van der Waals surface area contributed by atoms with Gasteiger partial charge in [-0.1, -0.05) is 12.1 Å². The Kier molecular flexibility index (Phi) is 8.13. The van der Waals surface area contributed by atoms with Crippen LogP contribution in [-0.4, -0.2) is 31.6 Å². The van der Waals surface area contributed by atoms with E-state index in [1.165, 1.54) is 24.3 Å². The van der Waals surface area contributed by atoms with E-state index in [-0.39, 0.29) is 30.0 Å². The Bertz CT molecular complexity index is 822. The Labute approximate surface area is 175 Å². The number of rotatable bonds is 6. The highest BCUT2D eigenvalue weighted by atomic mass is 35.5. The molecule has 2 amide bonds. The number of benzene rings is 2. The summed E-state index contributed by atoms with van der Waals surface area (Å²) in [5.41, 5.74) is 7.20. The largest absolute Gasteiger partial charge is 0.381 e. The Morgan fingerprint density at radius 2 is 1.66 bits per heavy atom. The number of carbonyl (C=O) groups is 2. The lowest BCUT2D eigenvalue weighted by Crippen LogP contribution is -2.48. The van der Waals surface area contributed by atoms with Gasteiger partial charge >= 0.3 is 0 Å². The van der Waals surface area contributed by atoms with Crippen LogP contribution in [0.4, 0.5) is 10.1 Å². The third-order valence-electron chi connectivity index (χ3n) is 5.09. The molecule has 6 nitrogen and oxygen atoms in total.